The molecule has 15 heteroatoms. The van der Waals surface area contributed by atoms with Gasteiger partial charge in [-0.25, -0.2) is 0 Å². The van der Waals surface area contributed by atoms with Gasteiger partial charge in [-0.15, -0.1) is 0 Å². The molecule has 2 heterocycles. The first-order valence-electron chi connectivity index (χ1n) is 17.7. The summed E-state index contributed by atoms with van der Waals surface area (Å²) in [5.74, 6) is -1.22. The maximum Gasteiger partial charge on any atom is 0.422 e. The van der Waals surface area contributed by atoms with Crippen molar-refractivity contribution in [2.75, 3.05) is 25.2 Å². The number of aromatic nitrogens is 1. The zero-order chi connectivity index (χ0) is 42.0. The summed E-state index contributed by atoms with van der Waals surface area (Å²) in [6.45, 7) is 8.48. The van der Waals surface area contributed by atoms with E-state index in [1.165, 1.54) is 39.9 Å². The van der Waals surface area contributed by atoms with E-state index in [1.807, 2.05) is 26.6 Å². The molecule has 1 aromatic heterocycles. The van der Waals surface area contributed by atoms with E-state index < -0.39 is 37.2 Å². The van der Waals surface area contributed by atoms with Gasteiger partial charge in [-0.3, -0.25) is 14.6 Å². The molecular formula is C41H45F6N3O6. The topological polar surface area (TPSA) is 115 Å². The highest BCUT2D eigenvalue weighted by Crippen LogP contribution is 2.51. The fourth-order valence-corrected chi connectivity index (χ4v) is 6.90. The van der Waals surface area contributed by atoms with Crippen LogP contribution in [0.5, 0.6) is 11.5 Å². The number of benzene rings is 3. The van der Waals surface area contributed by atoms with Crippen molar-refractivity contribution in [1.82, 2.24) is 10.3 Å². The van der Waals surface area contributed by atoms with E-state index in [1.54, 1.807) is 26.1 Å². The molecule has 3 aromatic carbocycles. The Morgan fingerprint density at radius 2 is 1.43 bits per heavy atom. The summed E-state index contributed by atoms with van der Waals surface area (Å²) in [5, 5.41) is 2.78. The predicted octanol–water partition coefficient (Wildman–Crippen LogP) is 8.37. The Balaban J connectivity index is 0.000000335. The van der Waals surface area contributed by atoms with Crippen LogP contribution in [0.25, 0.3) is 10.9 Å². The molecular weight excluding hydrogens is 744 g/mol. The molecule has 56 heavy (non-hydrogen) atoms. The summed E-state index contributed by atoms with van der Waals surface area (Å²) in [4.78, 5) is 47.0. The molecule has 302 valence electrons. The molecule has 0 unspecified atom stereocenters. The van der Waals surface area contributed by atoms with Gasteiger partial charge in [0.15, 0.2) is 19.0 Å². The van der Waals surface area contributed by atoms with Crippen molar-refractivity contribution in [1.29, 1.82) is 0 Å². The van der Waals surface area contributed by atoms with E-state index in [0.717, 1.165) is 43.2 Å². The highest BCUT2D eigenvalue weighted by Gasteiger charge is 2.52. The molecule has 0 bridgehead atoms. The Morgan fingerprint density at radius 1 is 0.857 bits per heavy atom. The number of amides is 2. The smallest absolute Gasteiger partial charge is 0.422 e. The number of carbonyl (C=O) groups is 4. The van der Waals surface area contributed by atoms with Gasteiger partial charge in [0.05, 0.1) is 17.5 Å². The standard InChI is InChI=1S/C24H20F6N2O3.C15H21NO.2CH2O/c1-3-14-6-7-17(13(2)9-14)32-10-16-18(22(32)33)20(34-11-23(25,26)27)15-5-4-8-31-19(15)21(16)35-12-24(28,29)30;1-4-11-7-6-8-12(5-2)13(11)15(9-10-15)14(17)16-3;2*1-2/h4-9H,3,10-12H2,1-2H3;6-8H,4-5,9-10H2,1-3H3,(H,16,17);2*1H2. The van der Waals surface area contributed by atoms with Crippen molar-refractivity contribution < 1.29 is 55.0 Å². The van der Waals surface area contributed by atoms with Crippen molar-refractivity contribution in [2.45, 2.75) is 84.1 Å². The Hall–Kier alpha value is -5.47. The molecule has 4 aromatic rings. The minimum Gasteiger partial charge on any atom is -0.483 e. The van der Waals surface area contributed by atoms with Gasteiger partial charge in [-0.05, 0) is 85.0 Å². The molecule has 0 atom stereocenters. The number of pyridine rings is 1. The van der Waals surface area contributed by atoms with Crippen LogP contribution in [0.2, 0.25) is 0 Å². The minimum atomic E-state index is -4.71. The lowest BCUT2D eigenvalue weighted by Crippen LogP contribution is -2.33. The summed E-state index contributed by atoms with van der Waals surface area (Å²) in [5.41, 5.74) is 5.57. The number of anilines is 1. The third kappa shape index (κ3) is 9.84. The molecule has 2 aliphatic rings. The number of alkyl halides is 6. The zero-order valence-corrected chi connectivity index (χ0v) is 31.9. The van der Waals surface area contributed by atoms with Gasteiger partial charge in [0.2, 0.25) is 5.91 Å². The predicted molar refractivity (Wildman–Crippen MR) is 200 cm³/mol. The Morgan fingerprint density at radius 3 is 1.91 bits per heavy atom. The van der Waals surface area contributed by atoms with Crippen LogP contribution in [0.1, 0.15) is 77.4 Å². The Bertz CT molecular complexity index is 1990. The van der Waals surface area contributed by atoms with Crippen LogP contribution in [0.15, 0.2) is 54.7 Å². The fourth-order valence-electron chi connectivity index (χ4n) is 6.90. The molecule has 0 saturated heterocycles. The number of carbonyl (C=O) groups excluding carboxylic acids is 4. The maximum absolute atomic E-state index is 13.5. The lowest BCUT2D eigenvalue weighted by atomic mass is 9.84. The van der Waals surface area contributed by atoms with Crippen LogP contribution >= 0.6 is 0 Å². The summed E-state index contributed by atoms with van der Waals surface area (Å²) >= 11 is 0. The van der Waals surface area contributed by atoms with Crippen LogP contribution in [0, 0.1) is 6.92 Å². The van der Waals surface area contributed by atoms with E-state index in [2.05, 4.69) is 42.3 Å². The number of hydrogen-bond donors (Lipinski definition) is 1. The Kier molecular flexibility index (Phi) is 15.2. The van der Waals surface area contributed by atoms with Crippen LogP contribution in [0.4, 0.5) is 32.0 Å². The van der Waals surface area contributed by atoms with Crippen LogP contribution < -0.4 is 19.7 Å². The quantitative estimate of drug-likeness (QED) is 0.161. The zero-order valence-electron chi connectivity index (χ0n) is 31.9. The van der Waals surface area contributed by atoms with Crippen LogP contribution in [0.3, 0.4) is 0 Å². The normalized spacial score (nSPS) is 13.9. The first-order chi connectivity index (χ1) is 26.6. The lowest BCUT2D eigenvalue weighted by molar-refractivity contribution is -0.154. The number of nitrogens with one attached hydrogen (secondary N) is 1. The number of halogens is 6. The number of aryl methyl sites for hydroxylation is 4. The van der Waals surface area contributed by atoms with E-state index >= 15 is 0 Å². The first kappa shape index (κ1) is 44.9. The number of ether oxygens (including phenoxy) is 2. The number of nitrogens with zero attached hydrogens (tertiary/aromatic N) is 2. The second kappa shape index (κ2) is 18.9. The lowest BCUT2D eigenvalue weighted by Gasteiger charge is -2.21. The van der Waals surface area contributed by atoms with Crippen molar-refractivity contribution in [3.05, 3.63) is 93.7 Å². The molecule has 1 aliphatic carbocycles. The van der Waals surface area contributed by atoms with Gasteiger partial charge < -0.3 is 29.3 Å². The molecule has 2 amide bonds. The summed E-state index contributed by atoms with van der Waals surface area (Å²) < 4.78 is 88.1. The molecule has 0 spiro atoms. The average molecular weight is 790 g/mol. The number of hydrogen-bond acceptors (Lipinski definition) is 7. The highest BCUT2D eigenvalue weighted by molar-refractivity contribution is 6.16. The van der Waals surface area contributed by atoms with Crippen molar-refractivity contribution in [2.24, 2.45) is 0 Å². The van der Waals surface area contributed by atoms with Crippen molar-refractivity contribution in [3.8, 4) is 11.5 Å². The Labute approximate surface area is 321 Å². The highest BCUT2D eigenvalue weighted by atomic mass is 19.4. The molecule has 9 nitrogen and oxygen atoms in total. The summed E-state index contributed by atoms with van der Waals surface area (Å²) in [6, 6.07) is 14.5. The molecule has 1 aliphatic heterocycles. The maximum atomic E-state index is 13.5. The molecule has 1 fully saturated rings. The first-order valence-corrected chi connectivity index (χ1v) is 17.7. The number of fused-ring (bicyclic) bond motifs is 2. The average Bonchev–Trinajstić information content (AvgIpc) is 3.93. The largest absolute Gasteiger partial charge is 0.483 e. The second-order valence-corrected chi connectivity index (χ2v) is 12.9. The van der Waals surface area contributed by atoms with Gasteiger partial charge in [-0.1, -0.05) is 51.1 Å². The molecule has 0 radical (unpaired) electrons. The SMILES string of the molecule is C=O.C=O.CCc1ccc(N2Cc3c(c(OCC(F)(F)F)c4cccnc4c3OCC(F)(F)F)C2=O)c(C)c1.CCc1cccc(CC)c1C1(C(=O)NC)CC1. The summed E-state index contributed by atoms with van der Waals surface area (Å²) in [6.07, 6.45) is -3.38. The van der Waals surface area contributed by atoms with Gasteiger partial charge in [0.1, 0.15) is 24.8 Å². The molecule has 6 rings (SSSR count). The van der Waals surface area contributed by atoms with Gasteiger partial charge in [0, 0.05) is 29.9 Å². The third-order valence-corrected chi connectivity index (χ3v) is 9.46. The van der Waals surface area contributed by atoms with Gasteiger partial charge in [0.25, 0.3) is 5.91 Å². The van der Waals surface area contributed by atoms with Crippen LogP contribution in [-0.4, -0.2) is 63.0 Å². The number of rotatable bonds is 10. The minimum absolute atomic E-state index is 0.0124. The number of likely N-dealkylation sites (N-methyl/N-ethyl adjacent to an activating group) is 1. The molecule has 1 N–H and O–H groups in total. The monoisotopic (exact) mass is 789 g/mol. The van der Waals surface area contributed by atoms with E-state index in [0.29, 0.717) is 5.69 Å². The third-order valence-electron chi connectivity index (χ3n) is 9.46. The van der Waals surface area contributed by atoms with Gasteiger partial charge >= 0.3 is 12.4 Å². The van der Waals surface area contributed by atoms with E-state index in [4.69, 9.17) is 19.1 Å². The summed E-state index contributed by atoms with van der Waals surface area (Å²) in [7, 11) is 1.74. The van der Waals surface area contributed by atoms with Crippen molar-refractivity contribution >= 4 is 42.0 Å². The fraction of sp³-hybridized carbons (Fsp3) is 0.390. The van der Waals surface area contributed by atoms with Gasteiger partial charge in [-0.2, -0.15) is 26.3 Å². The van der Waals surface area contributed by atoms with E-state index in [9.17, 15) is 35.9 Å². The van der Waals surface area contributed by atoms with Crippen LogP contribution in [-0.2, 0) is 45.6 Å². The van der Waals surface area contributed by atoms with E-state index in [-0.39, 0.29) is 45.6 Å². The van der Waals surface area contributed by atoms with Crippen molar-refractivity contribution in [3.63, 3.8) is 0 Å². The molecule has 1 saturated carbocycles. The second-order valence-electron chi connectivity index (χ2n) is 12.9.